The summed E-state index contributed by atoms with van der Waals surface area (Å²) < 4.78 is 5.75. The van der Waals surface area contributed by atoms with E-state index < -0.39 is 17.7 Å². The molecule has 6 nitrogen and oxygen atoms in total. The second-order valence-electron chi connectivity index (χ2n) is 6.58. The zero-order chi connectivity index (χ0) is 18.7. The van der Waals surface area contributed by atoms with Gasteiger partial charge in [0, 0.05) is 5.39 Å². The number of aliphatic hydroxyl groups excluding tert-OH is 1. The minimum Gasteiger partial charge on any atom is -0.490 e. The number of carbonyl (C=O) groups excluding carboxylic acids is 2. The van der Waals surface area contributed by atoms with Gasteiger partial charge < -0.3 is 15.2 Å². The molecule has 1 saturated heterocycles. The third kappa shape index (κ3) is 3.24. The van der Waals surface area contributed by atoms with Crippen LogP contribution in [0, 0.1) is 0 Å². The molecule has 1 atom stereocenters. The average Bonchev–Trinajstić information content (AvgIpc) is 2.91. The molecule has 3 amide bonds. The fraction of sp³-hybridized carbons (Fsp3) is 0.400. The van der Waals surface area contributed by atoms with Gasteiger partial charge in [-0.3, -0.25) is 9.69 Å². The summed E-state index contributed by atoms with van der Waals surface area (Å²) in [6.45, 7) is 3.64. The van der Waals surface area contributed by atoms with Gasteiger partial charge in [-0.15, -0.1) is 0 Å². The number of amides is 3. The van der Waals surface area contributed by atoms with E-state index in [1.807, 2.05) is 56.3 Å². The van der Waals surface area contributed by atoms with Crippen LogP contribution < -0.4 is 10.1 Å². The molecule has 1 heterocycles. The molecule has 0 spiro atoms. The van der Waals surface area contributed by atoms with Crippen LogP contribution in [0.5, 0.6) is 5.75 Å². The minimum atomic E-state index is -0.965. The Morgan fingerprint density at radius 3 is 2.50 bits per heavy atom. The van der Waals surface area contributed by atoms with E-state index in [-0.39, 0.29) is 19.1 Å². The Hall–Kier alpha value is -2.60. The Morgan fingerprint density at radius 1 is 1.12 bits per heavy atom. The first-order valence-electron chi connectivity index (χ1n) is 8.93. The first-order chi connectivity index (χ1) is 12.5. The number of fused-ring (bicyclic) bond motifs is 1. The molecule has 0 aliphatic carbocycles. The fourth-order valence-corrected chi connectivity index (χ4v) is 3.34. The predicted molar refractivity (Wildman–Crippen MR) is 99.0 cm³/mol. The van der Waals surface area contributed by atoms with E-state index in [0.29, 0.717) is 18.6 Å². The molecule has 1 fully saturated rings. The quantitative estimate of drug-likeness (QED) is 0.748. The largest absolute Gasteiger partial charge is 0.490 e. The van der Waals surface area contributed by atoms with E-state index in [9.17, 15) is 14.7 Å². The van der Waals surface area contributed by atoms with Gasteiger partial charge in [-0.2, -0.15) is 0 Å². The summed E-state index contributed by atoms with van der Waals surface area (Å²) in [4.78, 5) is 25.8. The van der Waals surface area contributed by atoms with E-state index >= 15 is 0 Å². The second-order valence-corrected chi connectivity index (χ2v) is 6.58. The van der Waals surface area contributed by atoms with E-state index in [1.165, 1.54) is 0 Å². The number of carbonyl (C=O) groups is 2. The van der Waals surface area contributed by atoms with Crippen molar-refractivity contribution >= 4 is 22.7 Å². The molecule has 0 saturated carbocycles. The second kappa shape index (κ2) is 7.33. The first-order valence-corrected chi connectivity index (χ1v) is 8.93. The van der Waals surface area contributed by atoms with Crippen molar-refractivity contribution in [2.75, 3.05) is 13.2 Å². The molecule has 0 bridgehead atoms. The lowest BCUT2D eigenvalue weighted by molar-refractivity contribution is -0.132. The summed E-state index contributed by atoms with van der Waals surface area (Å²) in [5, 5.41) is 15.0. The van der Waals surface area contributed by atoms with Crippen molar-refractivity contribution in [3.63, 3.8) is 0 Å². The Labute approximate surface area is 152 Å². The van der Waals surface area contributed by atoms with Gasteiger partial charge in [0.05, 0.1) is 6.54 Å². The van der Waals surface area contributed by atoms with Crippen molar-refractivity contribution in [3.8, 4) is 5.75 Å². The number of hydrogen-bond donors (Lipinski definition) is 2. The fourth-order valence-electron chi connectivity index (χ4n) is 3.34. The maximum absolute atomic E-state index is 12.6. The van der Waals surface area contributed by atoms with Gasteiger partial charge >= 0.3 is 6.03 Å². The van der Waals surface area contributed by atoms with Crippen LogP contribution in [0.2, 0.25) is 0 Å². The molecule has 2 aromatic rings. The van der Waals surface area contributed by atoms with Crippen LogP contribution in [0.3, 0.4) is 0 Å². The third-order valence-electron chi connectivity index (χ3n) is 5.03. The number of urea groups is 1. The molecule has 3 rings (SSSR count). The highest BCUT2D eigenvalue weighted by molar-refractivity contribution is 6.07. The van der Waals surface area contributed by atoms with E-state index in [0.717, 1.165) is 15.7 Å². The Kier molecular flexibility index (Phi) is 5.13. The van der Waals surface area contributed by atoms with Gasteiger partial charge in [0.1, 0.15) is 24.0 Å². The lowest BCUT2D eigenvalue weighted by atomic mass is 9.93. The van der Waals surface area contributed by atoms with Crippen molar-refractivity contribution in [1.82, 2.24) is 10.2 Å². The molecule has 0 aromatic heterocycles. The summed E-state index contributed by atoms with van der Waals surface area (Å²) in [6, 6.07) is 13.1. The van der Waals surface area contributed by atoms with Crippen LogP contribution in [-0.2, 0) is 4.79 Å². The molecule has 138 valence electrons. The van der Waals surface area contributed by atoms with Crippen molar-refractivity contribution in [3.05, 3.63) is 42.5 Å². The first kappa shape index (κ1) is 18.2. The maximum atomic E-state index is 12.6. The van der Waals surface area contributed by atoms with Gasteiger partial charge in [0.15, 0.2) is 0 Å². The van der Waals surface area contributed by atoms with Crippen LogP contribution in [0.15, 0.2) is 42.5 Å². The molecule has 6 heteroatoms. The number of aliphatic hydroxyl groups is 1. The number of rotatable bonds is 7. The summed E-state index contributed by atoms with van der Waals surface area (Å²) in [6.07, 6.45) is 0.0774. The third-order valence-corrected chi connectivity index (χ3v) is 5.03. The number of nitrogens with zero attached hydrogens (tertiary/aromatic N) is 1. The molecular weight excluding hydrogens is 332 g/mol. The molecule has 1 aliphatic rings. The minimum absolute atomic E-state index is 0.00365. The van der Waals surface area contributed by atoms with E-state index in [2.05, 4.69) is 5.32 Å². The molecule has 0 radical (unpaired) electrons. The van der Waals surface area contributed by atoms with Crippen molar-refractivity contribution in [2.45, 2.75) is 38.3 Å². The smallest absolute Gasteiger partial charge is 0.325 e. The standard InChI is InChI=1S/C20H24N2O4/c1-3-20(4-2)18(24)22(19(25)21-20)12-15(23)13-26-17-11-7-9-14-8-5-6-10-16(14)17/h5-11,15,23H,3-4,12-13H2,1-2H3,(H,21,25). The molecule has 2 N–H and O–H groups in total. The molecule has 2 aromatic carbocycles. The maximum Gasteiger partial charge on any atom is 0.325 e. The molecule has 1 unspecified atom stereocenters. The number of hydrogen-bond acceptors (Lipinski definition) is 4. The van der Waals surface area contributed by atoms with Crippen molar-refractivity contribution in [2.24, 2.45) is 0 Å². The van der Waals surface area contributed by atoms with Gasteiger partial charge in [-0.25, -0.2) is 4.79 Å². The molecule has 1 aliphatic heterocycles. The van der Waals surface area contributed by atoms with Crippen LogP contribution in [0.1, 0.15) is 26.7 Å². The number of β-amino-alcohol motifs (C(OH)–C–C–N with tert-alkyl or cyclic N) is 1. The van der Waals surface area contributed by atoms with Crippen LogP contribution in [0.25, 0.3) is 10.8 Å². The summed E-state index contributed by atoms with van der Waals surface area (Å²) >= 11 is 0. The Balaban J connectivity index is 1.65. The Bertz CT molecular complexity index is 811. The Morgan fingerprint density at radius 2 is 1.81 bits per heavy atom. The van der Waals surface area contributed by atoms with E-state index in [4.69, 9.17) is 4.74 Å². The highest BCUT2D eigenvalue weighted by atomic mass is 16.5. The summed E-state index contributed by atoms with van der Waals surface area (Å²) in [7, 11) is 0. The number of nitrogens with one attached hydrogen (secondary N) is 1. The van der Waals surface area contributed by atoms with Crippen LogP contribution in [-0.4, -0.2) is 46.7 Å². The van der Waals surface area contributed by atoms with Crippen LogP contribution >= 0.6 is 0 Å². The molecule has 26 heavy (non-hydrogen) atoms. The number of ether oxygens (including phenoxy) is 1. The number of imide groups is 1. The summed E-state index contributed by atoms with van der Waals surface area (Å²) in [5.74, 6) is 0.382. The SMILES string of the molecule is CCC1(CC)NC(=O)N(CC(O)COc2cccc3ccccc23)C1=O. The normalized spacial score (nSPS) is 17.4. The number of benzene rings is 2. The highest BCUT2D eigenvalue weighted by Crippen LogP contribution is 2.26. The van der Waals surface area contributed by atoms with Crippen molar-refractivity contribution in [1.29, 1.82) is 0 Å². The van der Waals surface area contributed by atoms with Crippen molar-refractivity contribution < 1.29 is 19.4 Å². The summed E-state index contributed by atoms with van der Waals surface area (Å²) in [5.41, 5.74) is -0.854. The lowest BCUT2D eigenvalue weighted by Crippen LogP contribution is -2.46. The molecular formula is C20H24N2O4. The van der Waals surface area contributed by atoms with Gasteiger partial charge in [-0.1, -0.05) is 50.2 Å². The van der Waals surface area contributed by atoms with Crippen LogP contribution in [0.4, 0.5) is 4.79 Å². The highest BCUT2D eigenvalue weighted by Gasteiger charge is 2.48. The topological polar surface area (TPSA) is 78.9 Å². The zero-order valence-corrected chi connectivity index (χ0v) is 15.1. The zero-order valence-electron chi connectivity index (χ0n) is 15.1. The van der Waals surface area contributed by atoms with E-state index in [1.54, 1.807) is 0 Å². The monoisotopic (exact) mass is 356 g/mol. The average molecular weight is 356 g/mol. The van der Waals surface area contributed by atoms with Gasteiger partial charge in [-0.05, 0) is 24.3 Å². The van der Waals surface area contributed by atoms with Gasteiger partial charge in [0.25, 0.3) is 5.91 Å². The predicted octanol–water partition coefficient (Wildman–Crippen LogP) is 2.69. The van der Waals surface area contributed by atoms with Gasteiger partial charge in [0.2, 0.25) is 0 Å². The lowest BCUT2D eigenvalue weighted by Gasteiger charge is -2.24.